The number of fused-ring (bicyclic) bond motifs is 3. The van der Waals surface area contributed by atoms with Crippen LogP contribution in [0.2, 0.25) is 0 Å². The number of hydrogen-bond acceptors (Lipinski definition) is 6. The fraction of sp³-hybridized carbons (Fsp3) is 0.250. The van der Waals surface area contributed by atoms with Gasteiger partial charge in [0.15, 0.2) is 5.49 Å². The third kappa shape index (κ3) is 3.92. The lowest BCUT2D eigenvalue weighted by Crippen LogP contribution is -2.22. The third-order valence-corrected chi connectivity index (χ3v) is 6.08. The molecule has 0 aliphatic carbocycles. The quantitative estimate of drug-likeness (QED) is 0.465. The molecule has 2 aromatic rings. The molecule has 0 saturated carbocycles. The minimum Gasteiger partial charge on any atom is -0.369 e. The molecule has 1 aromatic heterocycles. The molecule has 0 radical (unpaired) electrons. The molecule has 0 bridgehead atoms. The van der Waals surface area contributed by atoms with Gasteiger partial charge in [-0.1, -0.05) is 18.2 Å². The fourth-order valence-corrected chi connectivity index (χ4v) is 4.34. The van der Waals surface area contributed by atoms with Crippen molar-refractivity contribution in [2.45, 2.75) is 25.9 Å². The molecule has 8 nitrogen and oxygen atoms in total. The Kier molecular flexibility index (Phi) is 5.54. The molecule has 5 rings (SSSR count). The molecule has 3 aliphatic rings. The SMILES string of the molecule is CC(N=c1nc(N)nc2n3c(c(-c4ccc(=O)n(C)c4)cc1-2)NCC3)c1cccc(C(F)F)c1F. The van der Waals surface area contributed by atoms with Crippen molar-refractivity contribution in [2.24, 2.45) is 12.0 Å². The van der Waals surface area contributed by atoms with Gasteiger partial charge in [0, 0.05) is 49.1 Å². The van der Waals surface area contributed by atoms with Crippen LogP contribution in [-0.4, -0.2) is 25.6 Å². The number of benzene rings is 1. The van der Waals surface area contributed by atoms with E-state index >= 15 is 0 Å². The Hall–Kier alpha value is -4.15. The second-order valence-corrected chi connectivity index (χ2v) is 8.35. The van der Waals surface area contributed by atoms with E-state index < -0.39 is 23.8 Å². The van der Waals surface area contributed by atoms with Gasteiger partial charge in [-0.25, -0.2) is 13.2 Å². The molecule has 0 spiro atoms. The molecule has 3 N–H and O–H groups in total. The monoisotopic (exact) mass is 481 g/mol. The first-order valence-electron chi connectivity index (χ1n) is 11.0. The number of nitrogens with two attached hydrogens (primary N) is 1. The largest absolute Gasteiger partial charge is 0.369 e. The minimum absolute atomic E-state index is 0.0123. The predicted octanol–water partition coefficient (Wildman–Crippen LogP) is 3.49. The van der Waals surface area contributed by atoms with Gasteiger partial charge < -0.3 is 20.2 Å². The van der Waals surface area contributed by atoms with Crippen LogP contribution in [0, 0.1) is 5.82 Å². The molecule has 0 amide bonds. The predicted molar refractivity (Wildman–Crippen MR) is 126 cm³/mol. The van der Waals surface area contributed by atoms with Crippen molar-refractivity contribution < 1.29 is 13.2 Å². The molecule has 4 heterocycles. The first-order valence-corrected chi connectivity index (χ1v) is 11.0. The maximum absolute atomic E-state index is 14.8. The van der Waals surface area contributed by atoms with Crippen molar-refractivity contribution in [1.82, 2.24) is 19.1 Å². The molecule has 11 heteroatoms. The van der Waals surface area contributed by atoms with Gasteiger partial charge in [-0.3, -0.25) is 9.79 Å². The average molecular weight is 481 g/mol. The van der Waals surface area contributed by atoms with Crippen molar-refractivity contribution in [1.29, 1.82) is 0 Å². The van der Waals surface area contributed by atoms with E-state index in [0.717, 1.165) is 23.0 Å². The summed E-state index contributed by atoms with van der Waals surface area (Å²) in [6.45, 7) is 2.88. The van der Waals surface area contributed by atoms with Gasteiger partial charge in [0.1, 0.15) is 17.5 Å². The summed E-state index contributed by atoms with van der Waals surface area (Å²) in [7, 11) is 1.67. The molecule has 1 atom stereocenters. The van der Waals surface area contributed by atoms with Crippen molar-refractivity contribution in [3.8, 4) is 22.5 Å². The number of anilines is 2. The minimum atomic E-state index is -2.94. The standard InChI is InChI=1S/C24H22F3N7O/c1-12(14-4-3-5-15(19(14)25)20(26)27)30-21-17-10-16(13-6-7-18(35)33(2)11-13)22-29-8-9-34(22)23(17)32-24(28)31-21/h3-7,10-12,20,29H,8-9H2,1-2H3,(H2,28,30,31). The van der Waals surface area contributed by atoms with E-state index in [2.05, 4.69) is 20.3 Å². The van der Waals surface area contributed by atoms with E-state index in [1.54, 1.807) is 26.2 Å². The molecule has 1 aromatic carbocycles. The van der Waals surface area contributed by atoms with Crippen LogP contribution >= 0.6 is 0 Å². The molecule has 180 valence electrons. The summed E-state index contributed by atoms with van der Waals surface area (Å²) in [5, 5.41) is 3.35. The van der Waals surface area contributed by atoms with E-state index in [1.807, 2.05) is 10.6 Å². The van der Waals surface area contributed by atoms with E-state index in [0.29, 0.717) is 24.5 Å². The molecular weight excluding hydrogens is 459 g/mol. The van der Waals surface area contributed by atoms with Crippen LogP contribution in [-0.2, 0) is 13.6 Å². The lowest BCUT2D eigenvalue weighted by atomic mass is 10.0. The van der Waals surface area contributed by atoms with Crippen molar-refractivity contribution >= 4 is 11.8 Å². The Morgan fingerprint density at radius 3 is 2.66 bits per heavy atom. The van der Waals surface area contributed by atoms with E-state index in [4.69, 9.17) is 5.73 Å². The second-order valence-electron chi connectivity index (χ2n) is 8.35. The smallest absolute Gasteiger partial charge is 0.266 e. The lowest BCUT2D eigenvalue weighted by molar-refractivity contribution is 0.146. The Morgan fingerprint density at radius 2 is 1.91 bits per heavy atom. The number of halogens is 3. The maximum Gasteiger partial charge on any atom is 0.266 e. The van der Waals surface area contributed by atoms with Gasteiger partial charge >= 0.3 is 0 Å². The molecule has 1 unspecified atom stereocenters. The second kappa shape index (κ2) is 8.57. The average Bonchev–Trinajstić information content (AvgIpc) is 3.31. The number of rotatable bonds is 4. The summed E-state index contributed by atoms with van der Waals surface area (Å²) in [6, 6.07) is 8.10. The topological polar surface area (TPSA) is 103 Å². The summed E-state index contributed by atoms with van der Waals surface area (Å²) >= 11 is 0. The van der Waals surface area contributed by atoms with Crippen LogP contribution in [0.25, 0.3) is 22.5 Å². The summed E-state index contributed by atoms with van der Waals surface area (Å²) in [5.74, 6) is 0.347. The number of aromatic nitrogens is 4. The van der Waals surface area contributed by atoms with E-state index in [1.165, 1.54) is 22.8 Å². The Balaban J connectivity index is 1.74. The molecule has 0 saturated heterocycles. The lowest BCUT2D eigenvalue weighted by Gasteiger charge is -2.18. The normalized spacial score (nSPS) is 14.4. The highest BCUT2D eigenvalue weighted by Gasteiger charge is 2.25. The number of aryl methyl sites for hydroxylation is 1. The zero-order valence-electron chi connectivity index (χ0n) is 19.0. The molecule has 0 fully saturated rings. The maximum atomic E-state index is 14.8. The zero-order chi connectivity index (χ0) is 24.9. The summed E-state index contributed by atoms with van der Waals surface area (Å²) in [4.78, 5) is 25.2. The van der Waals surface area contributed by atoms with Crippen molar-refractivity contribution in [2.75, 3.05) is 17.6 Å². The van der Waals surface area contributed by atoms with Crippen molar-refractivity contribution in [3.05, 3.63) is 75.4 Å². The van der Waals surface area contributed by atoms with Gasteiger partial charge in [-0.15, -0.1) is 0 Å². The Morgan fingerprint density at radius 1 is 1.14 bits per heavy atom. The van der Waals surface area contributed by atoms with Crippen LogP contribution < -0.4 is 22.1 Å². The first kappa shape index (κ1) is 22.6. The highest BCUT2D eigenvalue weighted by molar-refractivity contribution is 5.82. The van der Waals surface area contributed by atoms with Gasteiger partial charge in [0.05, 0.1) is 17.2 Å². The van der Waals surface area contributed by atoms with Crippen LogP contribution in [0.5, 0.6) is 0 Å². The van der Waals surface area contributed by atoms with E-state index in [9.17, 15) is 18.0 Å². The third-order valence-electron chi connectivity index (χ3n) is 6.08. The molecule has 3 aliphatic heterocycles. The zero-order valence-corrected chi connectivity index (χ0v) is 19.0. The van der Waals surface area contributed by atoms with Crippen LogP contribution in [0.3, 0.4) is 0 Å². The number of nitrogens with one attached hydrogen (secondary N) is 1. The number of nitrogen functional groups attached to an aromatic ring is 1. The van der Waals surface area contributed by atoms with Crippen LogP contribution in [0.4, 0.5) is 24.9 Å². The first-order chi connectivity index (χ1) is 16.7. The van der Waals surface area contributed by atoms with Gasteiger partial charge in [-0.05, 0) is 19.1 Å². The van der Waals surface area contributed by atoms with Gasteiger partial charge in [0.25, 0.3) is 6.43 Å². The highest BCUT2D eigenvalue weighted by atomic mass is 19.3. The van der Waals surface area contributed by atoms with Crippen molar-refractivity contribution in [3.63, 3.8) is 0 Å². The molecule has 35 heavy (non-hydrogen) atoms. The Labute approximate surface area is 198 Å². The van der Waals surface area contributed by atoms with Gasteiger partial charge in [0.2, 0.25) is 11.5 Å². The van der Waals surface area contributed by atoms with Gasteiger partial charge in [-0.2, -0.15) is 9.97 Å². The molecular formula is C24H22F3N7O. The summed E-state index contributed by atoms with van der Waals surface area (Å²) in [5.41, 5.74) is 7.57. The fourth-order valence-electron chi connectivity index (χ4n) is 4.34. The van der Waals surface area contributed by atoms with Crippen LogP contribution in [0.15, 0.2) is 52.4 Å². The number of hydrogen-bond donors (Lipinski definition) is 2. The summed E-state index contributed by atoms with van der Waals surface area (Å²) < 4.78 is 44.6. The highest BCUT2D eigenvalue weighted by Crippen LogP contribution is 2.36. The summed E-state index contributed by atoms with van der Waals surface area (Å²) in [6.07, 6.45) is -1.21. The van der Waals surface area contributed by atoms with E-state index in [-0.39, 0.29) is 22.6 Å². The number of alkyl halides is 2. The Bertz CT molecular complexity index is 1540. The van der Waals surface area contributed by atoms with Crippen LogP contribution in [0.1, 0.15) is 30.5 Å². The number of nitrogens with zero attached hydrogens (tertiary/aromatic N) is 5. The number of pyridine rings is 2.